The van der Waals surface area contributed by atoms with Crippen molar-refractivity contribution in [3.63, 3.8) is 0 Å². The Labute approximate surface area is 139 Å². The van der Waals surface area contributed by atoms with Gasteiger partial charge in [-0.15, -0.1) is 0 Å². The number of pyridine rings is 1. The number of benzene rings is 1. The molecule has 4 rings (SSSR count). The van der Waals surface area contributed by atoms with Crippen molar-refractivity contribution in [2.45, 2.75) is 19.5 Å². The molecule has 1 aromatic carbocycles. The second kappa shape index (κ2) is 6.41. The number of hydrogen-bond acceptors (Lipinski definition) is 5. The maximum Gasteiger partial charge on any atom is 0.178 e. The molecule has 6 heteroatoms. The molecule has 3 aromatic rings. The van der Waals surface area contributed by atoms with Crippen LogP contribution in [-0.4, -0.2) is 21.6 Å². The molecule has 0 amide bonds. The molecule has 1 N–H and O–H groups in total. The molecule has 0 saturated heterocycles. The molecule has 5 nitrogen and oxygen atoms in total. The van der Waals surface area contributed by atoms with Crippen LogP contribution in [0.4, 0.5) is 15.9 Å². The van der Waals surface area contributed by atoms with Gasteiger partial charge in [0.1, 0.15) is 11.6 Å². The SMILES string of the molecule is Fc1ccccc1Nc1noc2c1CN(Cc1ccncc1)CC2. The summed E-state index contributed by atoms with van der Waals surface area (Å²) in [6, 6.07) is 10.6. The highest BCUT2D eigenvalue weighted by Gasteiger charge is 2.24. The van der Waals surface area contributed by atoms with E-state index in [0.717, 1.165) is 37.4 Å². The monoisotopic (exact) mass is 324 g/mol. The first kappa shape index (κ1) is 14.8. The maximum absolute atomic E-state index is 13.8. The summed E-state index contributed by atoms with van der Waals surface area (Å²) in [7, 11) is 0. The molecule has 0 bridgehead atoms. The summed E-state index contributed by atoms with van der Waals surface area (Å²) < 4.78 is 19.3. The van der Waals surface area contributed by atoms with Crippen LogP contribution in [-0.2, 0) is 19.5 Å². The zero-order chi connectivity index (χ0) is 16.4. The van der Waals surface area contributed by atoms with Crippen LogP contribution in [0.1, 0.15) is 16.9 Å². The van der Waals surface area contributed by atoms with Crippen molar-refractivity contribution in [1.82, 2.24) is 15.0 Å². The van der Waals surface area contributed by atoms with Crippen LogP contribution in [0.25, 0.3) is 0 Å². The van der Waals surface area contributed by atoms with Gasteiger partial charge >= 0.3 is 0 Å². The van der Waals surface area contributed by atoms with Gasteiger partial charge in [0.15, 0.2) is 5.82 Å². The molecular weight excluding hydrogens is 307 g/mol. The average molecular weight is 324 g/mol. The Morgan fingerprint density at radius 2 is 2.00 bits per heavy atom. The molecule has 0 fully saturated rings. The summed E-state index contributed by atoms with van der Waals surface area (Å²) in [5, 5.41) is 7.13. The van der Waals surface area contributed by atoms with E-state index in [1.165, 1.54) is 11.6 Å². The molecule has 3 heterocycles. The molecule has 0 aliphatic carbocycles. The minimum absolute atomic E-state index is 0.307. The van der Waals surface area contributed by atoms with Gasteiger partial charge in [-0.3, -0.25) is 9.88 Å². The van der Waals surface area contributed by atoms with Crippen molar-refractivity contribution in [3.05, 3.63) is 71.5 Å². The summed E-state index contributed by atoms with van der Waals surface area (Å²) in [4.78, 5) is 6.37. The topological polar surface area (TPSA) is 54.2 Å². The van der Waals surface area contributed by atoms with Crippen molar-refractivity contribution in [1.29, 1.82) is 0 Å². The van der Waals surface area contributed by atoms with E-state index in [1.54, 1.807) is 30.6 Å². The lowest BCUT2D eigenvalue weighted by molar-refractivity contribution is 0.228. The van der Waals surface area contributed by atoms with E-state index in [-0.39, 0.29) is 5.82 Å². The lowest BCUT2D eigenvalue weighted by atomic mass is 10.1. The highest BCUT2D eigenvalue weighted by Crippen LogP contribution is 2.29. The summed E-state index contributed by atoms with van der Waals surface area (Å²) in [6.07, 6.45) is 4.40. The lowest BCUT2D eigenvalue weighted by Gasteiger charge is -2.26. The smallest absolute Gasteiger partial charge is 0.178 e. The van der Waals surface area contributed by atoms with Gasteiger partial charge in [-0.25, -0.2) is 4.39 Å². The molecule has 1 aliphatic heterocycles. The fraction of sp³-hybridized carbons (Fsp3) is 0.222. The summed E-state index contributed by atoms with van der Waals surface area (Å²) in [6.45, 7) is 2.47. The van der Waals surface area contributed by atoms with Crippen molar-refractivity contribution in [2.24, 2.45) is 0 Å². The molecule has 0 unspecified atom stereocenters. The Hall–Kier alpha value is -2.73. The van der Waals surface area contributed by atoms with Gasteiger partial charge in [-0.1, -0.05) is 17.3 Å². The minimum atomic E-state index is -0.307. The van der Waals surface area contributed by atoms with Crippen molar-refractivity contribution >= 4 is 11.5 Å². The Balaban J connectivity index is 1.53. The molecule has 2 aromatic heterocycles. The molecule has 0 saturated carbocycles. The first-order chi connectivity index (χ1) is 11.8. The molecule has 0 radical (unpaired) electrons. The van der Waals surface area contributed by atoms with Gasteiger partial charge in [0, 0.05) is 38.4 Å². The summed E-state index contributed by atoms with van der Waals surface area (Å²) in [5.74, 6) is 1.16. The Kier molecular flexibility index (Phi) is 3.96. The largest absolute Gasteiger partial charge is 0.359 e. The average Bonchev–Trinajstić information content (AvgIpc) is 3.00. The first-order valence-electron chi connectivity index (χ1n) is 7.90. The molecule has 24 heavy (non-hydrogen) atoms. The lowest BCUT2D eigenvalue weighted by Crippen LogP contribution is -2.29. The number of rotatable bonds is 4. The van der Waals surface area contributed by atoms with Gasteiger partial charge in [-0.2, -0.15) is 0 Å². The predicted molar refractivity (Wildman–Crippen MR) is 88.2 cm³/mol. The van der Waals surface area contributed by atoms with Crippen LogP contribution >= 0.6 is 0 Å². The van der Waals surface area contributed by atoms with E-state index in [1.807, 2.05) is 12.1 Å². The third kappa shape index (κ3) is 3.00. The van der Waals surface area contributed by atoms with Gasteiger partial charge in [-0.05, 0) is 29.8 Å². The number of aromatic nitrogens is 2. The van der Waals surface area contributed by atoms with Crippen LogP contribution in [0.2, 0.25) is 0 Å². The molecule has 122 valence electrons. The number of anilines is 2. The van der Waals surface area contributed by atoms with Gasteiger partial charge in [0.2, 0.25) is 0 Å². The van der Waals surface area contributed by atoms with Crippen molar-refractivity contribution < 1.29 is 8.91 Å². The molecule has 0 atom stereocenters. The van der Waals surface area contributed by atoms with E-state index in [0.29, 0.717) is 11.5 Å². The molecule has 1 aliphatic rings. The zero-order valence-corrected chi connectivity index (χ0v) is 13.1. The van der Waals surface area contributed by atoms with Crippen molar-refractivity contribution in [3.8, 4) is 0 Å². The Morgan fingerprint density at radius 1 is 1.17 bits per heavy atom. The van der Waals surface area contributed by atoms with Gasteiger partial charge < -0.3 is 9.84 Å². The second-order valence-electron chi connectivity index (χ2n) is 5.85. The second-order valence-corrected chi connectivity index (χ2v) is 5.85. The van der Waals surface area contributed by atoms with E-state index >= 15 is 0 Å². The molecular formula is C18H17FN4O. The number of fused-ring (bicyclic) bond motifs is 1. The van der Waals surface area contributed by atoms with Crippen molar-refractivity contribution in [2.75, 3.05) is 11.9 Å². The zero-order valence-electron chi connectivity index (χ0n) is 13.1. The number of nitrogens with zero attached hydrogens (tertiary/aromatic N) is 3. The van der Waals surface area contributed by atoms with Crippen LogP contribution < -0.4 is 5.32 Å². The van der Waals surface area contributed by atoms with E-state index in [2.05, 4.69) is 20.4 Å². The fourth-order valence-electron chi connectivity index (χ4n) is 2.93. The number of para-hydroxylation sites is 1. The van der Waals surface area contributed by atoms with Gasteiger partial charge in [0.05, 0.1) is 11.3 Å². The van der Waals surface area contributed by atoms with E-state index in [9.17, 15) is 4.39 Å². The first-order valence-corrected chi connectivity index (χ1v) is 7.90. The summed E-state index contributed by atoms with van der Waals surface area (Å²) in [5.41, 5.74) is 2.62. The van der Waals surface area contributed by atoms with Crippen LogP contribution in [0.15, 0.2) is 53.3 Å². The van der Waals surface area contributed by atoms with Crippen LogP contribution in [0.5, 0.6) is 0 Å². The summed E-state index contributed by atoms with van der Waals surface area (Å²) >= 11 is 0. The third-order valence-corrected chi connectivity index (χ3v) is 4.19. The highest BCUT2D eigenvalue weighted by molar-refractivity contribution is 5.60. The van der Waals surface area contributed by atoms with Crippen LogP contribution in [0.3, 0.4) is 0 Å². The Bertz CT molecular complexity index is 834. The standard InChI is InChI=1S/C18H17FN4O/c19-15-3-1-2-4-16(15)21-18-14-12-23(10-7-17(14)24-22-18)11-13-5-8-20-9-6-13/h1-6,8-9H,7,10-12H2,(H,21,22). The van der Waals surface area contributed by atoms with E-state index < -0.39 is 0 Å². The normalized spacial score (nSPS) is 14.4. The minimum Gasteiger partial charge on any atom is -0.359 e. The number of hydrogen-bond donors (Lipinski definition) is 1. The predicted octanol–water partition coefficient (Wildman–Crippen LogP) is 3.51. The van der Waals surface area contributed by atoms with Gasteiger partial charge in [0.25, 0.3) is 0 Å². The maximum atomic E-state index is 13.8. The third-order valence-electron chi connectivity index (χ3n) is 4.19. The fourth-order valence-corrected chi connectivity index (χ4v) is 2.93. The number of halogens is 1. The quantitative estimate of drug-likeness (QED) is 0.796. The Morgan fingerprint density at radius 3 is 2.83 bits per heavy atom. The highest BCUT2D eigenvalue weighted by atomic mass is 19.1. The number of nitrogens with one attached hydrogen (secondary N) is 1. The molecule has 0 spiro atoms. The van der Waals surface area contributed by atoms with Crippen LogP contribution in [0, 0.1) is 5.82 Å². The van der Waals surface area contributed by atoms with E-state index in [4.69, 9.17) is 4.52 Å².